The lowest BCUT2D eigenvalue weighted by atomic mass is 9.95. The van der Waals surface area contributed by atoms with Gasteiger partial charge in [-0.2, -0.15) is 0 Å². The number of rotatable bonds is 1. The molecule has 2 N–H and O–H groups in total. The summed E-state index contributed by atoms with van der Waals surface area (Å²) >= 11 is 0. The minimum absolute atomic E-state index is 0.00622. The second kappa shape index (κ2) is 3.83. The van der Waals surface area contributed by atoms with Crippen molar-refractivity contribution in [2.24, 2.45) is 16.1 Å². The molecule has 1 aliphatic rings. The van der Waals surface area contributed by atoms with Crippen LogP contribution in [-0.4, -0.2) is 12.1 Å². The molecule has 1 aromatic carbocycles. The molecule has 0 fully saturated rings. The summed E-state index contributed by atoms with van der Waals surface area (Å²) in [7, 11) is 0. The van der Waals surface area contributed by atoms with Gasteiger partial charge < -0.3 is 15.2 Å². The van der Waals surface area contributed by atoms with E-state index in [9.17, 15) is 8.78 Å². The summed E-state index contributed by atoms with van der Waals surface area (Å²) in [5, 5.41) is 0. The Labute approximate surface area is 103 Å². The third-order valence-corrected chi connectivity index (χ3v) is 2.40. The lowest BCUT2D eigenvalue weighted by Gasteiger charge is -2.17. The molecular weight excluding hydrogens is 242 g/mol. The van der Waals surface area contributed by atoms with Gasteiger partial charge in [-0.15, -0.1) is 8.78 Å². The molecule has 1 aliphatic heterocycles. The van der Waals surface area contributed by atoms with E-state index in [4.69, 9.17) is 5.73 Å². The third-order valence-electron chi connectivity index (χ3n) is 2.40. The van der Waals surface area contributed by atoms with Crippen LogP contribution in [0.4, 0.5) is 14.5 Å². The van der Waals surface area contributed by atoms with Crippen molar-refractivity contribution in [2.45, 2.75) is 27.1 Å². The Hall–Kier alpha value is -1.85. The molecule has 18 heavy (non-hydrogen) atoms. The minimum Gasteiger partial charge on any atom is -0.395 e. The first kappa shape index (κ1) is 12.6. The van der Waals surface area contributed by atoms with Crippen molar-refractivity contribution in [3.8, 4) is 11.5 Å². The molecule has 0 radical (unpaired) electrons. The van der Waals surface area contributed by atoms with E-state index in [1.165, 1.54) is 12.1 Å². The van der Waals surface area contributed by atoms with Crippen LogP contribution in [0.5, 0.6) is 11.5 Å². The number of benzene rings is 1. The van der Waals surface area contributed by atoms with Gasteiger partial charge >= 0.3 is 6.29 Å². The molecule has 0 atom stereocenters. The number of nitrogens with zero attached hydrogens (tertiary/aromatic N) is 1. The van der Waals surface area contributed by atoms with Crippen LogP contribution >= 0.6 is 0 Å². The third kappa shape index (κ3) is 2.52. The first-order valence-electron chi connectivity index (χ1n) is 5.42. The van der Waals surface area contributed by atoms with Gasteiger partial charge in [0, 0.05) is 11.5 Å². The van der Waals surface area contributed by atoms with E-state index in [0.29, 0.717) is 11.5 Å². The van der Waals surface area contributed by atoms with Crippen LogP contribution in [0, 0.1) is 5.41 Å². The average Bonchev–Trinajstić information content (AvgIpc) is 2.49. The molecule has 0 aromatic heterocycles. The van der Waals surface area contributed by atoms with Crippen LogP contribution in [0.2, 0.25) is 0 Å². The number of aliphatic imine (C=N–C) groups is 1. The maximum atomic E-state index is 12.8. The minimum atomic E-state index is -3.61. The molecule has 0 amide bonds. The number of fused-ring (bicyclic) bond motifs is 1. The SMILES string of the molecule is CC(C)(C)C(N)=Nc1ccc2c(c1)OC(F)(F)O2. The smallest absolute Gasteiger partial charge is 0.395 e. The highest BCUT2D eigenvalue weighted by atomic mass is 19.3. The van der Waals surface area contributed by atoms with Gasteiger partial charge in [-0.3, -0.25) is 0 Å². The molecule has 0 aliphatic carbocycles. The Morgan fingerprint density at radius 2 is 1.83 bits per heavy atom. The summed E-state index contributed by atoms with van der Waals surface area (Å²) in [5.74, 6) is 0.365. The first-order chi connectivity index (χ1) is 8.17. The van der Waals surface area contributed by atoms with E-state index in [-0.39, 0.29) is 16.9 Å². The van der Waals surface area contributed by atoms with Crippen molar-refractivity contribution in [3.63, 3.8) is 0 Å². The van der Waals surface area contributed by atoms with Crippen LogP contribution in [0.1, 0.15) is 20.8 Å². The van der Waals surface area contributed by atoms with Gasteiger partial charge in [0.1, 0.15) is 5.84 Å². The molecule has 1 heterocycles. The molecule has 0 saturated heterocycles. The molecule has 0 spiro atoms. The van der Waals surface area contributed by atoms with E-state index in [2.05, 4.69) is 14.5 Å². The van der Waals surface area contributed by atoms with Crippen molar-refractivity contribution in [1.29, 1.82) is 0 Å². The predicted octanol–water partition coefficient (Wildman–Crippen LogP) is 3.04. The molecule has 2 rings (SSSR count). The van der Waals surface area contributed by atoms with Crippen molar-refractivity contribution < 1.29 is 18.3 Å². The maximum absolute atomic E-state index is 12.8. The van der Waals surface area contributed by atoms with Crippen molar-refractivity contribution >= 4 is 11.5 Å². The number of alkyl halides is 2. The van der Waals surface area contributed by atoms with Crippen LogP contribution in [0.3, 0.4) is 0 Å². The summed E-state index contributed by atoms with van der Waals surface area (Å²) < 4.78 is 34.3. The fraction of sp³-hybridized carbons (Fsp3) is 0.417. The zero-order chi connectivity index (χ0) is 13.6. The van der Waals surface area contributed by atoms with Crippen LogP contribution in [0.25, 0.3) is 0 Å². The van der Waals surface area contributed by atoms with Gasteiger partial charge in [0.15, 0.2) is 11.5 Å². The summed E-state index contributed by atoms with van der Waals surface area (Å²) in [6, 6.07) is 4.29. The lowest BCUT2D eigenvalue weighted by Crippen LogP contribution is -2.28. The van der Waals surface area contributed by atoms with Crippen molar-refractivity contribution in [3.05, 3.63) is 18.2 Å². The highest BCUT2D eigenvalue weighted by molar-refractivity contribution is 5.87. The molecule has 4 nitrogen and oxygen atoms in total. The predicted molar refractivity (Wildman–Crippen MR) is 63.4 cm³/mol. The Balaban J connectivity index is 2.30. The fourth-order valence-corrected chi connectivity index (χ4v) is 1.31. The van der Waals surface area contributed by atoms with E-state index in [0.717, 1.165) is 0 Å². The van der Waals surface area contributed by atoms with Gasteiger partial charge in [-0.05, 0) is 12.1 Å². The number of amidine groups is 1. The summed E-state index contributed by atoms with van der Waals surface area (Å²) in [6.45, 7) is 5.73. The van der Waals surface area contributed by atoms with Gasteiger partial charge in [0.2, 0.25) is 0 Å². The molecular formula is C12H14F2N2O2. The Morgan fingerprint density at radius 1 is 1.22 bits per heavy atom. The van der Waals surface area contributed by atoms with Crippen LogP contribution < -0.4 is 15.2 Å². The lowest BCUT2D eigenvalue weighted by molar-refractivity contribution is -0.286. The second-order valence-corrected chi connectivity index (χ2v) is 5.05. The number of ether oxygens (including phenoxy) is 2. The Bertz CT molecular complexity index is 507. The standard InChI is InChI=1S/C12H14F2N2O2/c1-11(2,3)10(15)16-7-4-5-8-9(6-7)18-12(13,14)17-8/h4-6H,1-3H3,(H2,15,16). The quantitative estimate of drug-likeness (QED) is 0.620. The topological polar surface area (TPSA) is 56.8 Å². The Morgan fingerprint density at radius 3 is 2.44 bits per heavy atom. The summed E-state index contributed by atoms with van der Waals surface area (Å²) in [5.41, 5.74) is 5.97. The van der Waals surface area contributed by atoms with Crippen molar-refractivity contribution in [1.82, 2.24) is 0 Å². The van der Waals surface area contributed by atoms with E-state index >= 15 is 0 Å². The zero-order valence-corrected chi connectivity index (χ0v) is 10.3. The van der Waals surface area contributed by atoms with E-state index in [1.54, 1.807) is 6.07 Å². The molecule has 98 valence electrons. The van der Waals surface area contributed by atoms with Crippen LogP contribution in [0.15, 0.2) is 23.2 Å². The monoisotopic (exact) mass is 256 g/mol. The largest absolute Gasteiger partial charge is 0.586 e. The number of hydrogen-bond acceptors (Lipinski definition) is 3. The summed E-state index contributed by atoms with van der Waals surface area (Å²) in [4.78, 5) is 4.17. The van der Waals surface area contributed by atoms with E-state index in [1.807, 2.05) is 20.8 Å². The molecule has 0 saturated carbocycles. The van der Waals surface area contributed by atoms with Crippen LogP contribution in [-0.2, 0) is 0 Å². The fourth-order valence-electron chi connectivity index (χ4n) is 1.31. The van der Waals surface area contributed by atoms with Gasteiger partial charge in [-0.1, -0.05) is 20.8 Å². The summed E-state index contributed by atoms with van der Waals surface area (Å²) in [6.07, 6.45) is -3.61. The maximum Gasteiger partial charge on any atom is 0.586 e. The van der Waals surface area contributed by atoms with Gasteiger partial charge in [-0.25, -0.2) is 4.99 Å². The average molecular weight is 256 g/mol. The molecule has 1 aromatic rings. The normalized spacial score (nSPS) is 17.9. The van der Waals surface area contributed by atoms with Gasteiger partial charge in [0.05, 0.1) is 5.69 Å². The number of nitrogens with two attached hydrogens (primary N) is 1. The number of halogens is 2. The molecule has 0 unspecified atom stereocenters. The van der Waals surface area contributed by atoms with E-state index < -0.39 is 6.29 Å². The molecule has 0 bridgehead atoms. The highest BCUT2D eigenvalue weighted by Crippen LogP contribution is 2.42. The Kier molecular flexibility index (Phi) is 2.68. The molecule has 6 heteroatoms. The van der Waals surface area contributed by atoms with Crippen molar-refractivity contribution in [2.75, 3.05) is 0 Å². The van der Waals surface area contributed by atoms with Gasteiger partial charge in [0.25, 0.3) is 0 Å². The number of hydrogen-bond donors (Lipinski definition) is 1. The zero-order valence-electron chi connectivity index (χ0n) is 10.3. The first-order valence-corrected chi connectivity index (χ1v) is 5.42. The second-order valence-electron chi connectivity index (χ2n) is 5.05. The highest BCUT2D eigenvalue weighted by Gasteiger charge is 2.43.